The lowest BCUT2D eigenvalue weighted by Gasteiger charge is -2.32. The van der Waals surface area contributed by atoms with Crippen LogP contribution in [0.2, 0.25) is 5.02 Å². The first kappa shape index (κ1) is 15.3. The maximum atomic E-state index is 11.3. The molecular weight excluding hydrogens is 274 g/mol. The van der Waals surface area contributed by atoms with Gasteiger partial charge in [0.2, 0.25) is 0 Å². The molecule has 110 valence electrons. The standard InChI is InChI=1S/C16H22ClNO2/c1-12(19)13-6-7-16(15(17)11-13)20-10-8-14-5-3-4-9-18(14)2/h6-7,11,14H,3-5,8-10H2,1-2H3. The molecule has 0 bridgehead atoms. The van der Waals surface area contributed by atoms with Crippen LogP contribution in [0.4, 0.5) is 0 Å². The number of piperidine rings is 1. The van der Waals surface area contributed by atoms with Crippen LogP contribution in [0.15, 0.2) is 18.2 Å². The van der Waals surface area contributed by atoms with Crippen molar-refractivity contribution in [2.75, 3.05) is 20.2 Å². The van der Waals surface area contributed by atoms with Crippen molar-refractivity contribution in [3.63, 3.8) is 0 Å². The SMILES string of the molecule is CC(=O)c1ccc(OCCC2CCCCN2C)c(Cl)c1. The average molecular weight is 296 g/mol. The highest BCUT2D eigenvalue weighted by atomic mass is 35.5. The van der Waals surface area contributed by atoms with Gasteiger partial charge in [-0.15, -0.1) is 0 Å². The third kappa shape index (κ3) is 3.97. The van der Waals surface area contributed by atoms with Gasteiger partial charge in [-0.25, -0.2) is 0 Å². The highest BCUT2D eigenvalue weighted by Gasteiger charge is 2.18. The zero-order valence-corrected chi connectivity index (χ0v) is 12.9. The molecule has 0 aliphatic carbocycles. The maximum Gasteiger partial charge on any atom is 0.159 e. The molecular formula is C16H22ClNO2. The Morgan fingerprint density at radius 2 is 2.25 bits per heavy atom. The van der Waals surface area contributed by atoms with Crippen molar-refractivity contribution in [2.45, 2.75) is 38.6 Å². The van der Waals surface area contributed by atoms with Gasteiger partial charge in [-0.3, -0.25) is 4.79 Å². The van der Waals surface area contributed by atoms with Crippen molar-refractivity contribution in [1.82, 2.24) is 4.90 Å². The van der Waals surface area contributed by atoms with Crippen molar-refractivity contribution >= 4 is 17.4 Å². The first-order valence-electron chi connectivity index (χ1n) is 7.21. The van der Waals surface area contributed by atoms with E-state index in [4.69, 9.17) is 16.3 Å². The number of hydrogen-bond acceptors (Lipinski definition) is 3. The van der Waals surface area contributed by atoms with E-state index >= 15 is 0 Å². The highest BCUT2D eigenvalue weighted by molar-refractivity contribution is 6.32. The van der Waals surface area contributed by atoms with Crippen LogP contribution < -0.4 is 4.74 Å². The summed E-state index contributed by atoms with van der Waals surface area (Å²) in [6.07, 6.45) is 4.87. The highest BCUT2D eigenvalue weighted by Crippen LogP contribution is 2.26. The summed E-state index contributed by atoms with van der Waals surface area (Å²) in [6, 6.07) is 5.82. The molecule has 0 aromatic heterocycles. The van der Waals surface area contributed by atoms with E-state index < -0.39 is 0 Å². The van der Waals surface area contributed by atoms with Crippen LogP contribution in [0.25, 0.3) is 0 Å². The van der Waals surface area contributed by atoms with E-state index in [1.807, 2.05) is 0 Å². The van der Waals surface area contributed by atoms with Crippen molar-refractivity contribution in [3.8, 4) is 5.75 Å². The molecule has 0 N–H and O–H groups in total. The van der Waals surface area contributed by atoms with Crippen LogP contribution in [-0.4, -0.2) is 36.9 Å². The van der Waals surface area contributed by atoms with Crippen LogP contribution in [0.3, 0.4) is 0 Å². The summed E-state index contributed by atoms with van der Waals surface area (Å²) in [6.45, 7) is 3.37. The Bertz CT molecular complexity index is 476. The number of ether oxygens (including phenoxy) is 1. The van der Waals surface area contributed by atoms with E-state index in [0.717, 1.165) is 6.42 Å². The number of halogens is 1. The molecule has 0 amide bonds. The lowest BCUT2D eigenvalue weighted by molar-refractivity contribution is 0.101. The summed E-state index contributed by atoms with van der Waals surface area (Å²) in [7, 11) is 2.18. The van der Waals surface area contributed by atoms with E-state index in [1.165, 1.54) is 32.7 Å². The smallest absolute Gasteiger partial charge is 0.159 e. The molecule has 0 spiro atoms. The molecule has 3 nitrogen and oxygen atoms in total. The second-order valence-electron chi connectivity index (χ2n) is 5.47. The van der Waals surface area contributed by atoms with Gasteiger partial charge in [-0.2, -0.15) is 0 Å². The van der Waals surface area contributed by atoms with Crippen LogP contribution in [0.1, 0.15) is 43.0 Å². The molecule has 1 atom stereocenters. The van der Waals surface area contributed by atoms with Gasteiger partial charge in [0.25, 0.3) is 0 Å². The van der Waals surface area contributed by atoms with Gasteiger partial charge in [-0.1, -0.05) is 18.0 Å². The van der Waals surface area contributed by atoms with Gasteiger partial charge in [0, 0.05) is 11.6 Å². The Balaban J connectivity index is 1.86. The van der Waals surface area contributed by atoms with Crippen LogP contribution in [-0.2, 0) is 0 Å². The van der Waals surface area contributed by atoms with E-state index in [1.54, 1.807) is 18.2 Å². The summed E-state index contributed by atoms with van der Waals surface area (Å²) in [5.41, 5.74) is 0.620. The summed E-state index contributed by atoms with van der Waals surface area (Å²) in [5, 5.41) is 0.509. The lowest BCUT2D eigenvalue weighted by Crippen LogP contribution is -2.37. The Morgan fingerprint density at radius 1 is 1.45 bits per heavy atom. The lowest BCUT2D eigenvalue weighted by atomic mass is 10.0. The van der Waals surface area contributed by atoms with E-state index in [2.05, 4.69) is 11.9 Å². The summed E-state index contributed by atoms with van der Waals surface area (Å²) >= 11 is 6.14. The average Bonchev–Trinajstić information content (AvgIpc) is 2.42. The number of carbonyl (C=O) groups excluding carboxylic acids is 1. The Morgan fingerprint density at radius 3 is 2.90 bits per heavy atom. The van der Waals surface area contributed by atoms with E-state index in [0.29, 0.717) is 29.0 Å². The molecule has 1 aliphatic heterocycles. The number of nitrogens with zero attached hydrogens (tertiary/aromatic N) is 1. The number of Topliss-reactive ketones (excluding diaryl/α,β-unsaturated/α-hetero) is 1. The Kier molecular flexibility index (Phi) is 5.44. The predicted octanol–water partition coefficient (Wildman–Crippen LogP) is 3.80. The third-order valence-corrected chi connectivity index (χ3v) is 4.26. The molecule has 1 saturated heterocycles. The number of benzene rings is 1. The maximum absolute atomic E-state index is 11.3. The largest absolute Gasteiger partial charge is 0.492 e. The normalized spacial score (nSPS) is 19.9. The third-order valence-electron chi connectivity index (χ3n) is 3.97. The molecule has 1 fully saturated rings. The Labute approximate surface area is 125 Å². The quantitative estimate of drug-likeness (QED) is 0.774. The first-order valence-corrected chi connectivity index (χ1v) is 7.59. The van der Waals surface area contributed by atoms with Gasteiger partial charge >= 0.3 is 0 Å². The van der Waals surface area contributed by atoms with Crippen LogP contribution in [0.5, 0.6) is 5.75 Å². The summed E-state index contributed by atoms with van der Waals surface area (Å²) in [4.78, 5) is 13.7. The van der Waals surface area contributed by atoms with Gasteiger partial charge in [0.05, 0.1) is 11.6 Å². The fourth-order valence-electron chi connectivity index (χ4n) is 2.65. The minimum absolute atomic E-state index is 0.0160. The zero-order valence-electron chi connectivity index (χ0n) is 12.2. The Hall–Kier alpha value is -1.06. The fraction of sp³-hybridized carbons (Fsp3) is 0.562. The van der Waals surface area contributed by atoms with E-state index in [-0.39, 0.29) is 5.78 Å². The molecule has 1 aromatic rings. The zero-order chi connectivity index (χ0) is 14.5. The number of rotatable bonds is 5. The molecule has 1 heterocycles. The fourth-order valence-corrected chi connectivity index (χ4v) is 2.89. The van der Waals surface area contributed by atoms with Crippen LogP contribution in [0, 0.1) is 0 Å². The predicted molar refractivity (Wildman–Crippen MR) is 81.8 cm³/mol. The van der Waals surface area contributed by atoms with Crippen molar-refractivity contribution in [1.29, 1.82) is 0 Å². The van der Waals surface area contributed by atoms with Crippen molar-refractivity contribution in [2.24, 2.45) is 0 Å². The summed E-state index contributed by atoms with van der Waals surface area (Å²) < 4.78 is 5.75. The topological polar surface area (TPSA) is 29.5 Å². The van der Waals surface area contributed by atoms with Gasteiger partial charge in [-0.05, 0) is 58.0 Å². The van der Waals surface area contributed by atoms with Crippen molar-refractivity contribution < 1.29 is 9.53 Å². The minimum Gasteiger partial charge on any atom is -0.492 e. The molecule has 20 heavy (non-hydrogen) atoms. The number of hydrogen-bond donors (Lipinski definition) is 0. The molecule has 4 heteroatoms. The minimum atomic E-state index is 0.0160. The monoisotopic (exact) mass is 295 g/mol. The van der Waals surface area contributed by atoms with Crippen LogP contribution >= 0.6 is 11.6 Å². The molecule has 1 aromatic carbocycles. The summed E-state index contributed by atoms with van der Waals surface area (Å²) in [5.74, 6) is 0.678. The van der Waals surface area contributed by atoms with Crippen molar-refractivity contribution in [3.05, 3.63) is 28.8 Å². The molecule has 2 rings (SSSR count). The number of likely N-dealkylation sites (tertiary alicyclic amines) is 1. The second kappa shape index (κ2) is 7.09. The molecule has 1 unspecified atom stereocenters. The van der Waals surface area contributed by atoms with Gasteiger partial charge < -0.3 is 9.64 Å². The van der Waals surface area contributed by atoms with Gasteiger partial charge in [0.1, 0.15) is 5.75 Å². The molecule has 0 saturated carbocycles. The number of carbonyl (C=O) groups is 1. The molecule has 0 radical (unpaired) electrons. The van der Waals surface area contributed by atoms with Gasteiger partial charge in [0.15, 0.2) is 5.78 Å². The van der Waals surface area contributed by atoms with E-state index in [9.17, 15) is 4.79 Å². The molecule has 1 aliphatic rings. The number of ketones is 1. The second-order valence-corrected chi connectivity index (χ2v) is 5.88. The first-order chi connectivity index (χ1) is 9.58.